The van der Waals surface area contributed by atoms with Crippen LogP contribution in [-0.2, 0) is 4.79 Å². The third kappa shape index (κ3) is 6.54. The van der Waals surface area contributed by atoms with Crippen LogP contribution in [0.4, 0.5) is 4.39 Å². The molecule has 0 aliphatic carbocycles. The van der Waals surface area contributed by atoms with Crippen molar-refractivity contribution >= 4 is 17.9 Å². The molecule has 0 aromatic heterocycles. The Bertz CT molecular complexity index is 829. The number of amides is 2. The van der Waals surface area contributed by atoms with Crippen molar-refractivity contribution in [3.63, 3.8) is 0 Å². The molecule has 6 heteroatoms. The van der Waals surface area contributed by atoms with Gasteiger partial charge < -0.3 is 10.2 Å². The zero-order valence-corrected chi connectivity index (χ0v) is 16.4. The quantitative estimate of drug-likeness (QED) is 0.784. The Kier molecular flexibility index (Phi) is 7.53. The second-order valence-electron chi connectivity index (χ2n) is 7.01. The molecule has 0 radical (unpaired) electrons. The Morgan fingerprint density at radius 1 is 0.966 bits per heavy atom. The van der Waals surface area contributed by atoms with Gasteiger partial charge in [0, 0.05) is 51.3 Å². The van der Waals surface area contributed by atoms with Gasteiger partial charge in [-0.3, -0.25) is 14.5 Å². The van der Waals surface area contributed by atoms with Gasteiger partial charge in [0.25, 0.3) is 5.91 Å². The molecule has 5 nitrogen and oxygen atoms in total. The predicted octanol–water partition coefficient (Wildman–Crippen LogP) is 2.80. The van der Waals surface area contributed by atoms with E-state index in [2.05, 4.69) is 34.5 Å². The third-order valence-electron chi connectivity index (χ3n) is 4.93. The number of rotatable bonds is 7. The van der Waals surface area contributed by atoms with Crippen LogP contribution in [0.3, 0.4) is 0 Å². The molecule has 1 saturated heterocycles. The fourth-order valence-corrected chi connectivity index (χ4v) is 3.23. The van der Waals surface area contributed by atoms with E-state index < -0.39 is 0 Å². The fourth-order valence-electron chi connectivity index (χ4n) is 3.23. The summed E-state index contributed by atoms with van der Waals surface area (Å²) in [4.78, 5) is 28.5. The van der Waals surface area contributed by atoms with E-state index in [9.17, 15) is 14.0 Å². The second-order valence-corrected chi connectivity index (χ2v) is 7.01. The molecule has 2 amide bonds. The summed E-state index contributed by atoms with van der Waals surface area (Å²) in [5.74, 6) is -0.636. The minimum absolute atomic E-state index is 0.0453. The molecule has 0 bridgehead atoms. The van der Waals surface area contributed by atoms with E-state index in [0.29, 0.717) is 18.7 Å². The summed E-state index contributed by atoms with van der Waals surface area (Å²) in [7, 11) is 0. The largest absolute Gasteiger partial charge is 0.352 e. The van der Waals surface area contributed by atoms with Gasteiger partial charge in [0.05, 0.1) is 0 Å². The third-order valence-corrected chi connectivity index (χ3v) is 4.93. The Morgan fingerprint density at radius 3 is 2.34 bits per heavy atom. The maximum Gasteiger partial charge on any atom is 0.251 e. The Morgan fingerprint density at radius 2 is 1.66 bits per heavy atom. The number of halogens is 1. The summed E-state index contributed by atoms with van der Waals surface area (Å²) in [5, 5.41) is 2.71. The first kappa shape index (κ1) is 20.7. The van der Waals surface area contributed by atoms with Crippen molar-refractivity contribution in [3.05, 3.63) is 77.6 Å². The zero-order chi connectivity index (χ0) is 20.5. The zero-order valence-electron chi connectivity index (χ0n) is 16.4. The van der Waals surface area contributed by atoms with E-state index in [0.717, 1.165) is 19.6 Å². The summed E-state index contributed by atoms with van der Waals surface area (Å²) in [6, 6.07) is 15.5. The molecule has 0 spiro atoms. The highest BCUT2D eigenvalue weighted by Crippen LogP contribution is 2.06. The summed E-state index contributed by atoms with van der Waals surface area (Å²) in [6.07, 6.45) is 4.53. The SMILES string of the molecule is O=C(NCCC(=O)N1CCN(C/C=C\c2ccccc2)CC1)c1ccc(F)cc1. The topological polar surface area (TPSA) is 52.7 Å². The van der Waals surface area contributed by atoms with Crippen LogP contribution in [0.1, 0.15) is 22.3 Å². The summed E-state index contributed by atoms with van der Waals surface area (Å²) < 4.78 is 12.9. The Labute approximate surface area is 170 Å². The van der Waals surface area contributed by atoms with Crippen molar-refractivity contribution in [1.82, 2.24) is 15.1 Å². The molecule has 152 valence electrons. The molecule has 0 atom stereocenters. The number of nitrogens with zero attached hydrogens (tertiary/aromatic N) is 2. The molecular weight excluding hydrogens is 369 g/mol. The normalized spacial score (nSPS) is 14.9. The fraction of sp³-hybridized carbons (Fsp3) is 0.304. The van der Waals surface area contributed by atoms with E-state index in [1.54, 1.807) is 0 Å². The van der Waals surface area contributed by atoms with E-state index >= 15 is 0 Å². The lowest BCUT2D eigenvalue weighted by Crippen LogP contribution is -2.49. The number of carbonyl (C=O) groups excluding carboxylic acids is 2. The van der Waals surface area contributed by atoms with Crippen molar-refractivity contribution in [2.24, 2.45) is 0 Å². The average molecular weight is 395 g/mol. The second kappa shape index (κ2) is 10.5. The molecule has 2 aromatic carbocycles. The van der Waals surface area contributed by atoms with Crippen LogP contribution < -0.4 is 5.32 Å². The lowest BCUT2D eigenvalue weighted by molar-refractivity contribution is -0.132. The number of piperazine rings is 1. The smallest absolute Gasteiger partial charge is 0.251 e. The van der Waals surface area contributed by atoms with Crippen LogP contribution in [0.15, 0.2) is 60.7 Å². The summed E-state index contributed by atoms with van der Waals surface area (Å²) in [6.45, 7) is 4.22. The van der Waals surface area contributed by atoms with Gasteiger partial charge >= 0.3 is 0 Å². The number of nitrogens with one attached hydrogen (secondary N) is 1. The van der Waals surface area contributed by atoms with Crippen LogP contribution in [0.25, 0.3) is 6.08 Å². The number of benzene rings is 2. The first-order valence-corrected chi connectivity index (χ1v) is 9.87. The maximum absolute atomic E-state index is 12.9. The molecule has 29 heavy (non-hydrogen) atoms. The maximum atomic E-state index is 12.9. The highest BCUT2D eigenvalue weighted by atomic mass is 19.1. The lowest BCUT2D eigenvalue weighted by Gasteiger charge is -2.34. The van der Waals surface area contributed by atoms with Crippen LogP contribution in [0, 0.1) is 5.82 Å². The van der Waals surface area contributed by atoms with Crippen molar-refractivity contribution in [3.8, 4) is 0 Å². The number of hydrogen-bond acceptors (Lipinski definition) is 3. The Hall–Kier alpha value is -2.99. The van der Waals surface area contributed by atoms with Crippen LogP contribution >= 0.6 is 0 Å². The highest BCUT2D eigenvalue weighted by molar-refractivity contribution is 5.94. The van der Waals surface area contributed by atoms with Gasteiger partial charge in [-0.15, -0.1) is 0 Å². The van der Waals surface area contributed by atoms with Crippen LogP contribution in [0.5, 0.6) is 0 Å². The number of hydrogen-bond donors (Lipinski definition) is 1. The van der Waals surface area contributed by atoms with Gasteiger partial charge in [0.2, 0.25) is 5.91 Å². The minimum atomic E-state index is -0.383. The molecule has 0 saturated carbocycles. The first-order chi connectivity index (χ1) is 14.1. The van der Waals surface area contributed by atoms with E-state index in [1.807, 2.05) is 23.1 Å². The molecule has 1 aliphatic rings. The van der Waals surface area contributed by atoms with E-state index in [-0.39, 0.29) is 30.6 Å². The van der Waals surface area contributed by atoms with Crippen molar-refractivity contribution in [2.45, 2.75) is 6.42 Å². The summed E-state index contributed by atoms with van der Waals surface area (Å²) >= 11 is 0. The molecule has 1 heterocycles. The molecular formula is C23H26FN3O2. The lowest BCUT2D eigenvalue weighted by atomic mass is 10.2. The van der Waals surface area contributed by atoms with E-state index in [4.69, 9.17) is 0 Å². The van der Waals surface area contributed by atoms with Gasteiger partial charge in [-0.05, 0) is 29.8 Å². The molecule has 1 N–H and O–H groups in total. The van der Waals surface area contributed by atoms with Gasteiger partial charge in [0.15, 0.2) is 0 Å². The minimum Gasteiger partial charge on any atom is -0.352 e. The standard InChI is InChI=1S/C23H26FN3O2/c24-21-10-8-20(9-11-21)23(29)25-13-12-22(28)27-17-15-26(16-18-27)14-4-7-19-5-2-1-3-6-19/h1-11H,12-18H2,(H,25,29)/b7-4-. The molecule has 0 unspecified atom stereocenters. The summed E-state index contributed by atoms with van der Waals surface area (Å²) in [5.41, 5.74) is 1.57. The molecule has 2 aromatic rings. The molecule has 1 fully saturated rings. The highest BCUT2D eigenvalue weighted by Gasteiger charge is 2.20. The van der Waals surface area contributed by atoms with Crippen molar-refractivity contribution < 1.29 is 14.0 Å². The van der Waals surface area contributed by atoms with Gasteiger partial charge in [-0.1, -0.05) is 42.5 Å². The van der Waals surface area contributed by atoms with Gasteiger partial charge in [-0.2, -0.15) is 0 Å². The molecule has 1 aliphatic heterocycles. The molecule has 3 rings (SSSR count). The monoisotopic (exact) mass is 395 g/mol. The van der Waals surface area contributed by atoms with Crippen LogP contribution in [0.2, 0.25) is 0 Å². The predicted molar refractivity (Wildman–Crippen MR) is 112 cm³/mol. The Balaban J connectivity index is 1.34. The average Bonchev–Trinajstić information content (AvgIpc) is 2.75. The number of carbonyl (C=O) groups is 2. The van der Waals surface area contributed by atoms with E-state index in [1.165, 1.54) is 29.8 Å². The van der Waals surface area contributed by atoms with Crippen LogP contribution in [-0.4, -0.2) is 60.9 Å². The van der Waals surface area contributed by atoms with Gasteiger partial charge in [-0.25, -0.2) is 4.39 Å². The van der Waals surface area contributed by atoms with Crippen molar-refractivity contribution in [2.75, 3.05) is 39.3 Å². The van der Waals surface area contributed by atoms with Gasteiger partial charge in [0.1, 0.15) is 5.82 Å². The first-order valence-electron chi connectivity index (χ1n) is 9.87. The van der Waals surface area contributed by atoms with Crippen molar-refractivity contribution in [1.29, 1.82) is 0 Å².